The molecule has 8 heterocycles. The number of esters is 16. The molecular weight excluding hydrogens is 1140 g/mol. The van der Waals surface area contributed by atoms with Gasteiger partial charge in [-0.15, -0.1) is 0 Å². The summed E-state index contributed by atoms with van der Waals surface area (Å²) < 4.78 is 37.8. The van der Waals surface area contributed by atoms with Gasteiger partial charge in [-0.3, -0.25) is 76.7 Å². The number of aryl methyl sites for hydroxylation is 1. The molecule has 8 aliphatic heterocycles. The maximum absolute atomic E-state index is 12.1. The molecule has 0 amide bonds. The van der Waals surface area contributed by atoms with E-state index in [1.165, 1.54) is 0 Å². The summed E-state index contributed by atoms with van der Waals surface area (Å²) in [4.78, 5) is 189. The first-order chi connectivity index (χ1) is 41.5. The number of carbonyl (C=O) groups excluding carboxylic acids is 16. The Morgan fingerprint density at radius 2 is 0.770 bits per heavy atom. The highest BCUT2D eigenvalue weighted by molar-refractivity contribution is 6.04. The zero-order chi connectivity index (χ0) is 61.4. The van der Waals surface area contributed by atoms with E-state index in [9.17, 15) is 76.7 Å². The fourth-order valence-electron chi connectivity index (χ4n) is 16.7. The second kappa shape index (κ2) is 21.0. The summed E-state index contributed by atoms with van der Waals surface area (Å²) in [6.07, 6.45) is 2.60. The quantitative estimate of drug-likeness (QED) is 0.205. The lowest BCUT2D eigenvalue weighted by Gasteiger charge is -2.52. The number of benzene rings is 3. The molecule has 0 radical (unpaired) electrons. The van der Waals surface area contributed by atoms with Gasteiger partial charge in [0.2, 0.25) is 0 Å². The predicted octanol–water partition coefficient (Wildman–Crippen LogP) is 3.67. The standard InChI is InChI=1S/2C17H14O6.C16H12O6.C13H12O6/c1-7-2-3-8-9(11-6-13(18)22-15(11)19)5-12-14(10(8)4-7)17(21)23-16(12)20;1-17(11-6-12(18)22-15(11)20)7-9-13(16(21)23-14(9)19)8-4-2-3-5-10(8)17;17-12-6-10(14(18)21-12)9-5-11-13(16(20)22-15(11)19)8-4-2-1-3-7(8)9;14-7-3-6-4-1-2-5(8(6)11(15)18-7)10-9(4)12(16)19-13(10)17/h2-4,9,11-12,14H,5-6H2,1H3;2-5,9,11,13H,6-7H2,1H3;1-4,9-11,13H,5-6H2;4-6,8-10H,1-3H2. The molecule has 24 nitrogen and oxygen atoms in total. The molecular formula is C63H52O24. The molecule has 18 unspecified atom stereocenters. The summed E-state index contributed by atoms with van der Waals surface area (Å²) in [5, 5.41) is 0. The SMILES string of the molecule is CC1(C2CC(=O)OC2=O)CC2C(=O)OC(=O)C2c2ccccc21.Cc1ccc2c(c1)C1C(=O)OC(=O)C1CC2C1CC(=O)OC1=O.O=C1CC(C2CC3C(=O)OC(=O)C3c3ccccc32)C(=O)O1.O=C1CC2C3CCC(C2C(=O)O1)C1C(=O)OC(=O)C31. The molecule has 3 saturated carbocycles. The van der Waals surface area contributed by atoms with Crippen LogP contribution in [0.3, 0.4) is 0 Å². The van der Waals surface area contributed by atoms with Crippen LogP contribution in [0.2, 0.25) is 0 Å². The van der Waals surface area contributed by atoms with Gasteiger partial charge >= 0.3 is 95.5 Å². The van der Waals surface area contributed by atoms with Crippen LogP contribution in [-0.2, 0) is 120 Å². The van der Waals surface area contributed by atoms with E-state index in [0.29, 0.717) is 24.0 Å². The Morgan fingerprint density at radius 3 is 1.33 bits per heavy atom. The molecule has 448 valence electrons. The van der Waals surface area contributed by atoms with Gasteiger partial charge in [0.25, 0.3) is 0 Å². The van der Waals surface area contributed by atoms with Crippen LogP contribution in [0.1, 0.15) is 133 Å². The van der Waals surface area contributed by atoms with Gasteiger partial charge in [-0.1, -0.05) is 79.2 Å². The molecule has 24 heteroatoms. The minimum absolute atomic E-state index is 0.00987. The summed E-state index contributed by atoms with van der Waals surface area (Å²) in [6, 6.07) is 20.1. The minimum atomic E-state index is -0.745. The second-order valence-electron chi connectivity index (χ2n) is 24.8. The Hall–Kier alpha value is -9.22. The summed E-state index contributed by atoms with van der Waals surface area (Å²) >= 11 is 0. The number of cyclic esters (lactones) is 16. The fraction of sp³-hybridized carbons (Fsp3) is 0.460. The van der Waals surface area contributed by atoms with Crippen molar-refractivity contribution in [1.29, 1.82) is 0 Å². The van der Waals surface area contributed by atoms with E-state index in [1.807, 2.05) is 56.3 Å². The topological polar surface area (TPSA) is 347 Å². The Morgan fingerprint density at radius 1 is 0.345 bits per heavy atom. The number of fused-ring (bicyclic) bond motifs is 10. The van der Waals surface area contributed by atoms with Crippen molar-refractivity contribution in [2.24, 2.45) is 71.0 Å². The molecule has 17 rings (SSSR count). The van der Waals surface area contributed by atoms with E-state index in [2.05, 4.69) is 9.47 Å². The summed E-state index contributed by atoms with van der Waals surface area (Å²) in [5.74, 6) is -16.6. The molecule has 0 spiro atoms. The maximum Gasteiger partial charge on any atom is 0.321 e. The van der Waals surface area contributed by atoms with Crippen LogP contribution >= 0.6 is 0 Å². The smallest absolute Gasteiger partial charge is 0.321 e. The van der Waals surface area contributed by atoms with Gasteiger partial charge < -0.3 is 37.9 Å². The lowest BCUT2D eigenvalue weighted by molar-refractivity contribution is -0.187. The van der Waals surface area contributed by atoms with Gasteiger partial charge in [0, 0.05) is 11.8 Å². The number of carbonyl (C=O) groups is 16. The summed E-state index contributed by atoms with van der Waals surface area (Å²) in [6.45, 7) is 3.75. The second-order valence-corrected chi connectivity index (χ2v) is 24.8. The first kappa shape index (κ1) is 56.9. The number of ether oxygens (including phenoxy) is 8. The molecule has 87 heavy (non-hydrogen) atoms. The zero-order valence-corrected chi connectivity index (χ0v) is 46.3. The van der Waals surface area contributed by atoms with Crippen LogP contribution in [0.4, 0.5) is 0 Å². The van der Waals surface area contributed by atoms with Crippen molar-refractivity contribution < 1.29 is 115 Å². The third kappa shape index (κ3) is 9.22. The average Bonchev–Trinajstić information content (AvgIpc) is 1.74. The average molecular weight is 1190 g/mol. The van der Waals surface area contributed by atoms with Crippen molar-refractivity contribution in [3.63, 3.8) is 0 Å². The van der Waals surface area contributed by atoms with Crippen molar-refractivity contribution in [3.05, 3.63) is 106 Å². The minimum Gasteiger partial charge on any atom is -0.393 e. The van der Waals surface area contributed by atoms with Crippen LogP contribution in [0.25, 0.3) is 0 Å². The number of rotatable bonds is 3. The van der Waals surface area contributed by atoms with Crippen molar-refractivity contribution in [2.45, 2.75) is 107 Å². The summed E-state index contributed by atoms with van der Waals surface area (Å²) in [7, 11) is 0. The molecule has 0 aromatic heterocycles. The predicted molar refractivity (Wildman–Crippen MR) is 277 cm³/mol. The largest absolute Gasteiger partial charge is 0.393 e. The highest BCUT2D eigenvalue weighted by atomic mass is 16.6. The molecule has 2 bridgehead atoms. The normalized spacial score (nSPS) is 36.8. The van der Waals surface area contributed by atoms with Gasteiger partial charge in [-0.2, -0.15) is 0 Å². The van der Waals surface area contributed by atoms with Gasteiger partial charge in [0.05, 0.1) is 90.3 Å². The van der Waals surface area contributed by atoms with Crippen molar-refractivity contribution >= 4 is 95.5 Å². The van der Waals surface area contributed by atoms with Crippen molar-refractivity contribution in [3.8, 4) is 0 Å². The molecule has 6 aliphatic carbocycles. The van der Waals surface area contributed by atoms with E-state index in [0.717, 1.165) is 40.7 Å². The highest BCUT2D eigenvalue weighted by Gasteiger charge is 2.67. The Kier molecular flexibility index (Phi) is 13.8. The Balaban J connectivity index is 0.000000108. The molecule has 14 aliphatic rings. The van der Waals surface area contributed by atoms with Crippen LogP contribution in [0, 0.1) is 77.9 Å². The zero-order valence-electron chi connectivity index (χ0n) is 46.3. The molecule has 0 N–H and O–H groups in total. The van der Waals surface area contributed by atoms with Gasteiger partial charge in [-0.05, 0) is 102 Å². The van der Waals surface area contributed by atoms with E-state index in [1.54, 1.807) is 24.3 Å². The van der Waals surface area contributed by atoms with Crippen LogP contribution < -0.4 is 0 Å². The number of hydrogen-bond acceptors (Lipinski definition) is 24. The van der Waals surface area contributed by atoms with Gasteiger partial charge in [0.1, 0.15) is 0 Å². The number of hydrogen-bond donors (Lipinski definition) is 0. The molecule has 3 aromatic carbocycles. The van der Waals surface area contributed by atoms with E-state index in [4.69, 9.17) is 28.4 Å². The Labute approximate surface area is 491 Å². The van der Waals surface area contributed by atoms with E-state index < -0.39 is 172 Å². The lowest BCUT2D eigenvalue weighted by Crippen LogP contribution is -2.57. The monoisotopic (exact) mass is 1190 g/mol. The maximum atomic E-state index is 12.1. The Bertz CT molecular complexity index is 3720. The van der Waals surface area contributed by atoms with Gasteiger partial charge in [-0.25, -0.2) is 0 Å². The fourth-order valence-corrected chi connectivity index (χ4v) is 16.7. The van der Waals surface area contributed by atoms with Crippen LogP contribution in [0.5, 0.6) is 0 Å². The third-order valence-electron chi connectivity index (χ3n) is 20.4. The van der Waals surface area contributed by atoms with Crippen molar-refractivity contribution in [2.75, 3.05) is 0 Å². The molecule has 11 fully saturated rings. The summed E-state index contributed by atoms with van der Waals surface area (Å²) in [5.41, 5.74) is 4.83. The first-order valence-corrected chi connectivity index (χ1v) is 28.8. The molecule has 3 aromatic rings. The van der Waals surface area contributed by atoms with Crippen molar-refractivity contribution in [1.82, 2.24) is 0 Å². The highest BCUT2D eigenvalue weighted by Crippen LogP contribution is 2.60. The first-order valence-electron chi connectivity index (χ1n) is 28.8. The molecule has 18 atom stereocenters. The molecule has 8 saturated heterocycles. The van der Waals surface area contributed by atoms with Crippen LogP contribution in [0.15, 0.2) is 66.7 Å². The van der Waals surface area contributed by atoms with Crippen LogP contribution in [-0.4, -0.2) is 95.5 Å². The van der Waals surface area contributed by atoms with E-state index in [-0.39, 0.29) is 61.7 Å². The lowest BCUT2D eigenvalue weighted by atomic mass is 9.49. The van der Waals surface area contributed by atoms with Gasteiger partial charge in [0.15, 0.2) is 0 Å². The third-order valence-corrected chi connectivity index (χ3v) is 20.4. The van der Waals surface area contributed by atoms with E-state index >= 15 is 0 Å².